The first-order valence-corrected chi connectivity index (χ1v) is 6.21. The molecule has 0 aliphatic carbocycles. The Hall–Kier alpha value is -1.56. The summed E-state index contributed by atoms with van der Waals surface area (Å²) in [4.78, 5) is 22.5. The Morgan fingerprint density at radius 3 is 2.65 bits per heavy atom. The minimum absolute atomic E-state index is 0.207. The van der Waals surface area contributed by atoms with E-state index in [1.54, 1.807) is 6.07 Å². The fraction of sp³-hybridized carbons (Fsp3) is 0.455. The second-order valence-corrected chi connectivity index (χ2v) is 5.04. The molecule has 3 N–H and O–H groups in total. The number of urea groups is 1. The average molecular weight is 256 g/mol. The number of nitrogens with one attached hydrogen (secondary N) is 2. The molecule has 0 saturated carbocycles. The van der Waals surface area contributed by atoms with Gasteiger partial charge in [-0.3, -0.25) is 5.32 Å². The number of amides is 2. The third-order valence-electron chi connectivity index (χ3n) is 2.07. The van der Waals surface area contributed by atoms with Crippen LogP contribution in [0, 0.1) is 5.92 Å². The fourth-order valence-electron chi connectivity index (χ4n) is 1.35. The second-order valence-electron chi connectivity index (χ2n) is 4.10. The van der Waals surface area contributed by atoms with Crippen LogP contribution in [0.5, 0.6) is 0 Å². The molecule has 6 heteroatoms. The highest BCUT2D eigenvalue weighted by molar-refractivity contribution is 7.14. The van der Waals surface area contributed by atoms with Crippen molar-refractivity contribution in [2.45, 2.75) is 26.3 Å². The molecule has 1 atom stereocenters. The Balaban J connectivity index is 2.49. The number of aliphatic carboxylic acids is 1. The number of carboxylic acids is 1. The van der Waals surface area contributed by atoms with Crippen molar-refractivity contribution in [1.82, 2.24) is 5.32 Å². The number of anilines is 1. The first-order chi connectivity index (χ1) is 7.99. The highest BCUT2D eigenvalue weighted by Crippen LogP contribution is 2.14. The van der Waals surface area contributed by atoms with Gasteiger partial charge in [-0.2, -0.15) is 0 Å². The number of carbonyl (C=O) groups excluding carboxylic acids is 1. The molecule has 0 aliphatic heterocycles. The predicted octanol–water partition coefficient (Wildman–Crippen LogP) is 2.37. The van der Waals surface area contributed by atoms with E-state index in [1.807, 2.05) is 25.3 Å². The summed E-state index contributed by atoms with van der Waals surface area (Å²) in [6.07, 6.45) is 0.410. The third-order valence-corrected chi connectivity index (χ3v) is 2.85. The molecule has 0 aliphatic rings. The van der Waals surface area contributed by atoms with Gasteiger partial charge >= 0.3 is 12.0 Å². The van der Waals surface area contributed by atoms with Crippen molar-refractivity contribution in [1.29, 1.82) is 0 Å². The van der Waals surface area contributed by atoms with Gasteiger partial charge in [0, 0.05) is 0 Å². The molecule has 0 fully saturated rings. The topological polar surface area (TPSA) is 78.4 Å². The van der Waals surface area contributed by atoms with E-state index in [0.29, 0.717) is 11.4 Å². The zero-order chi connectivity index (χ0) is 12.8. The van der Waals surface area contributed by atoms with Crippen molar-refractivity contribution < 1.29 is 14.7 Å². The molecule has 0 radical (unpaired) electrons. The van der Waals surface area contributed by atoms with Crippen LogP contribution in [0.4, 0.5) is 9.80 Å². The van der Waals surface area contributed by atoms with Crippen molar-refractivity contribution in [3.8, 4) is 0 Å². The maximum absolute atomic E-state index is 11.5. The molecule has 1 aromatic heterocycles. The van der Waals surface area contributed by atoms with E-state index in [-0.39, 0.29) is 5.92 Å². The van der Waals surface area contributed by atoms with Crippen LogP contribution >= 0.6 is 11.3 Å². The summed E-state index contributed by atoms with van der Waals surface area (Å²) < 4.78 is 0. The summed E-state index contributed by atoms with van der Waals surface area (Å²) in [5.74, 6) is -0.807. The summed E-state index contributed by atoms with van der Waals surface area (Å²) in [6.45, 7) is 3.82. The van der Waals surface area contributed by atoms with E-state index in [0.717, 1.165) is 0 Å². The van der Waals surface area contributed by atoms with Gasteiger partial charge in [-0.15, -0.1) is 11.3 Å². The molecule has 0 aromatic carbocycles. The van der Waals surface area contributed by atoms with Crippen molar-refractivity contribution in [2.24, 2.45) is 5.92 Å². The standard InChI is InChI=1S/C11H16N2O3S/c1-7(2)6-8(10(14)15)12-11(16)13-9-4-3-5-17-9/h3-5,7-8H,6H2,1-2H3,(H,14,15)(H2,12,13,16). The molecular formula is C11H16N2O3S. The Morgan fingerprint density at radius 2 is 2.18 bits per heavy atom. The van der Waals surface area contributed by atoms with Gasteiger partial charge in [-0.25, -0.2) is 9.59 Å². The van der Waals surface area contributed by atoms with Gasteiger partial charge in [-0.1, -0.05) is 13.8 Å². The molecule has 2 amide bonds. The Morgan fingerprint density at radius 1 is 1.47 bits per heavy atom. The lowest BCUT2D eigenvalue weighted by Crippen LogP contribution is -2.43. The van der Waals surface area contributed by atoms with Gasteiger partial charge in [0.15, 0.2) is 0 Å². The Bertz CT molecular complexity index is 376. The molecule has 17 heavy (non-hydrogen) atoms. The number of hydrogen-bond acceptors (Lipinski definition) is 3. The molecule has 1 unspecified atom stereocenters. The highest BCUT2D eigenvalue weighted by Gasteiger charge is 2.20. The summed E-state index contributed by atoms with van der Waals surface area (Å²) in [5.41, 5.74) is 0. The summed E-state index contributed by atoms with van der Waals surface area (Å²) >= 11 is 1.38. The van der Waals surface area contributed by atoms with Crippen LogP contribution in [0.3, 0.4) is 0 Å². The molecule has 0 saturated heterocycles. The Kier molecular flexibility index (Phi) is 4.96. The van der Waals surface area contributed by atoms with Gasteiger partial charge < -0.3 is 10.4 Å². The summed E-state index contributed by atoms with van der Waals surface area (Å²) in [7, 11) is 0. The lowest BCUT2D eigenvalue weighted by atomic mass is 10.0. The smallest absolute Gasteiger partial charge is 0.326 e. The zero-order valence-corrected chi connectivity index (χ0v) is 10.6. The van der Waals surface area contributed by atoms with Crippen LogP contribution in [0.15, 0.2) is 17.5 Å². The lowest BCUT2D eigenvalue weighted by Gasteiger charge is -2.16. The van der Waals surface area contributed by atoms with Crippen LogP contribution in [-0.4, -0.2) is 23.1 Å². The van der Waals surface area contributed by atoms with E-state index in [9.17, 15) is 9.59 Å². The van der Waals surface area contributed by atoms with Crippen molar-refractivity contribution in [3.63, 3.8) is 0 Å². The van der Waals surface area contributed by atoms with Crippen molar-refractivity contribution in [2.75, 3.05) is 5.32 Å². The SMILES string of the molecule is CC(C)CC(NC(=O)Nc1cccs1)C(=O)O. The first-order valence-electron chi connectivity index (χ1n) is 5.33. The molecule has 5 nitrogen and oxygen atoms in total. The molecule has 94 valence electrons. The fourth-order valence-corrected chi connectivity index (χ4v) is 1.96. The van der Waals surface area contributed by atoms with E-state index in [1.165, 1.54) is 11.3 Å². The van der Waals surface area contributed by atoms with Gasteiger partial charge in [0.1, 0.15) is 6.04 Å². The largest absolute Gasteiger partial charge is 0.480 e. The summed E-state index contributed by atoms with van der Waals surface area (Å²) in [5, 5.41) is 16.5. The lowest BCUT2D eigenvalue weighted by molar-refractivity contribution is -0.139. The van der Waals surface area contributed by atoms with Crippen LogP contribution < -0.4 is 10.6 Å². The molecule has 0 spiro atoms. The predicted molar refractivity (Wildman–Crippen MR) is 67.4 cm³/mol. The van der Waals surface area contributed by atoms with Gasteiger partial charge in [0.2, 0.25) is 0 Å². The molecule has 1 heterocycles. The minimum atomic E-state index is -1.01. The number of carbonyl (C=O) groups is 2. The maximum Gasteiger partial charge on any atom is 0.326 e. The second kappa shape index (κ2) is 6.24. The first kappa shape index (κ1) is 13.5. The van der Waals surface area contributed by atoms with E-state index >= 15 is 0 Å². The molecule has 0 bridgehead atoms. The summed E-state index contributed by atoms with van der Waals surface area (Å²) in [6, 6.07) is 2.22. The van der Waals surface area contributed by atoms with Crippen LogP contribution in [0.1, 0.15) is 20.3 Å². The average Bonchev–Trinajstić information content (AvgIpc) is 2.68. The van der Waals surface area contributed by atoms with Crippen LogP contribution in [0.25, 0.3) is 0 Å². The van der Waals surface area contributed by atoms with E-state index in [2.05, 4.69) is 10.6 Å². The maximum atomic E-state index is 11.5. The Labute approximate surface area is 104 Å². The minimum Gasteiger partial charge on any atom is -0.480 e. The monoisotopic (exact) mass is 256 g/mol. The molecular weight excluding hydrogens is 240 g/mol. The number of carboxylic acid groups (broad SMARTS) is 1. The number of thiophene rings is 1. The van der Waals surface area contributed by atoms with Gasteiger partial charge in [0.05, 0.1) is 5.00 Å². The highest BCUT2D eigenvalue weighted by atomic mass is 32.1. The van der Waals surface area contributed by atoms with Crippen LogP contribution in [0.2, 0.25) is 0 Å². The molecule has 1 aromatic rings. The molecule has 1 rings (SSSR count). The van der Waals surface area contributed by atoms with Crippen molar-refractivity contribution >= 4 is 28.3 Å². The van der Waals surface area contributed by atoms with E-state index in [4.69, 9.17) is 5.11 Å². The number of hydrogen-bond donors (Lipinski definition) is 3. The third kappa shape index (κ3) is 4.86. The van der Waals surface area contributed by atoms with Crippen LogP contribution in [-0.2, 0) is 4.79 Å². The van der Waals surface area contributed by atoms with Crippen molar-refractivity contribution in [3.05, 3.63) is 17.5 Å². The van der Waals surface area contributed by atoms with Gasteiger partial charge in [-0.05, 0) is 29.9 Å². The van der Waals surface area contributed by atoms with Gasteiger partial charge in [0.25, 0.3) is 0 Å². The normalized spacial score (nSPS) is 12.2. The number of rotatable bonds is 5. The van der Waals surface area contributed by atoms with E-state index < -0.39 is 18.0 Å². The zero-order valence-electron chi connectivity index (χ0n) is 9.77. The quantitative estimate of drug-likeness (QED) is 0.756.